The van der Waals surface area contributed by atoms with Crippen LogP contribution in [0, 0.1) is 11.8 Å². The fourth-order valence-electron chi connectivity index (χ4n) is 2.56. The van der Waals surface area contributed by atoms with Crippen molar-refractivity contribution >= 4 is 23.3 Å². The minimum absolute atomic E-state index is 0.148. The molecule has 0 spiro atoms. The molecular weight excluding hydrogens is 250 g/mol. The second-order valence-electron chi connectivity index (χ2n) is 5.16. The molecule has 0 bridgehead atoms. The summed E-state index contributed by atoms with van der Waals surface area (Å²) in [6.45, 7) is 4.52. The normalized spacial score (nSPS) is 27.2. The van der Waals surface area contributed by atoms with E-state index in [-0.39, 0.29) is 10.6 Å². The van der Waals surface area contributed by atoms with Crippen molar-refractivity contribution in [2.45, 2.75) is 32.7 Å². The molecular formula is C14H18ClNO2. The van der Waals surface area contributed by atoms with Crippen molar-refractivity contribution in [2.24, 2.45) is 11.8 Å². The largest absolute Gasteiger partial charge is 0.478 e. The molecule has 0 heterocycles. The van der Waals surface area contributed by atoms with E-state index in [4.69, 9.17) is 16.7 Å². The minimum Gasteiger partial charge on any atom is -0.478 e. The molecule has 0 aliphatic heterocycles. The van der Waals surface area contributed by atoms with E-state index < -0.39 is 5.97 Å². The van der Waals surface area contributed by atoms with Crippen molar-refractivity contribution in [1.29, 1.82) is 0 Å². The first-order chi connectivity index (χ1) is 8.49. The van der Waals surface area contributed by atoms with Crippen LogP contribution in [-0.4, -0.2) is 17.1 Å². The van der Waals surface area contributed by atoms with Crippen LogP contribution in [0.4, 0.5) is 5.69 Å². The summed E-state index contributed by atoms with van der Waals surface area (Å²) in [5.74, 6) is 0.369. The number of hydrogen-bond acceptors (Lipinski definition) is 2. The number of carbonyl (C=O) groups is 1. The summed E-state index contributed by atoms with van der Waals surface area (Å²) in [5, 5.41) is 12.6. The Hall–Kier alpha value is -1.22. The van der Waals surface area contributed by atoms with Crippen LogP contribution in [-0.2, 0) is 0 Å². The van der Waals surface area contributed by atoms with Gasteiger partial charge in [0, 0.05) is 11.7 Å². The maximum Gasteiger partial charge on any atom is 0.337 e. The average molecular weight is 268 g/mol. The lowest BCUT2D eigenvalue weighted by Crippen LogP contribution is -2.24. The van der Waals surface area contributed by atoms with Crippen LogP contribution < -0.4 is 5.32 Å². The molecule has 0 aromatic heterocycles. The Morgan fingerprint density at radius 2 is 2.11 bits per heavy atom. The number of carboxylic acid groups (broad SMARTS) is 1. The molecule has 0 saturated heterocycles. The first kappa shape index (κ1) is 13.2. The monoisotopic (exact) mass is 267 g/mol. The summed E-state index contributed by atoms with van der Waals surface area (Å²) in [5.41, 5.74) is 1.05. The predicted octanol–water partition coefficient (Wildman–Crippen LogP) is 3.88. The highest BCUT2D eigenvalue weighted by Gasteiger charge is 2.29. The van der Waals surface area contributed by atoms with Gasteiger partial charge in [-0.25, -0.2) is 4.79 Å². The summed E-state index contributed by atoms with van der Waals surface area (Å²) in [7, 11) is 0. The molecule has 3 atom stereocenters. The van der Waals surface area contributed by atoms with Crippen LogP contribution in [0.2, 0.25) is 5.02 Å². The van der Waals surface area contributed by atoms with E-state index in [9.17, 15) is 4.79 Å². The van der Waals surface area contributed by atoms with E-state index in [0.717, 1.165) is 18.0 Å². The van der Waals surface area contributed by atoms with Crippen molar-refractivity contribution in [3.05, 3.63) is 28.8 Å². The Balaban J connectivity index is 2.11. The third-order valence-corrected chi connectivity index (χ3v) is 4.33. The zero-order valence-electron chi connectivity index (χ0n) is 10.6. The topological polar surface area (TPSA) is 49.3 Å². The molecule has 18 heavy (non-hydrogen) atoms. The molecule has 2 N–H and O–H groups in total. The van der Waals surface area contributed by atoms with Gasteiger partial charge in [-0.15, -0.1) is 0 Å². The maximum absolute atomic E-state index is 10.9. The van der Waals surface area contributed by atoms with E-state index >= 15 is 0 Å². The third kappa shape index (κ3) is 2.61. The molecule has 1 aliphatic carbocycles. The number of nitrogens with one attached hydrogen (secondary N) is 1. The molecule has 1 aliphatic rings. The highest BCUT2D eigenvalue weighted by molar-refractivity contribution is 6.33. The van der Waals surface area contributed by atoms with E-state index in [1.165, 1.54) is 6.42 Å². The average Bonchev–Trinajstić information content (AvgIpc) is 2.61. The van der Waals surface area contributed by atoms with Crippen LogP contribution in [0.5, 0.6) is 0 Å². The number of carboxylic acids is 1. The van der Waals surface area contributed by atoms with Gasteiger partial charge in [0.25, 0.3) is 0 Å². The van der Waals surface area contributed by atoms with E-state index in [0.29, 0.717) is 12.0 Å². The van der Waals surface area contributed by atoms with Crippen molar-refractivity contribution in [1.82, 2.24) is 0 Å². The lowest BCUT2D eigenvalue weighted by Gasteiger charge is -2.21. The van der Waals surface area contributed by atoms with Gasteiger partial charge in [0.2, 0.25) is 0 Å². The van der Waals surface area contributed by atoms with Gasteiger partial charge >= 0.3 is 5.97 Å². The van der Waals surface area contributed by atoms with Gasteiger partial charge < -0.3 is 10.4 Å². The zero-order valence-corrected chi connectivity index (χ0v) is 11.4. The molecule has 98 valence electrons. The minimum atomic E-state index is -0.991. The fraction of sp³-hybridized carbons (Fsp3) is 0.500. The summed E-state index contributed by atoms with van der Waals surface area (Å²) >= 11 is 5.95. The number of rotatable bonds is 3. The Morgan fingerprint density at radius 3 is 2.61 bits per heavy atom. The standard InChI is InChI=1S/C14H18ClNO2/c1-8-3-6-13(9(8)2)16-10-4-5-11(14(17)18)12(15)7-10/h4-5,7-9,13,16H,3,6H2,1-2H3,(H,17,18). The van der Waals surface area contributed by atoms with Gasteiger partial charge in [-0.05, 0) is 42.9 Å². The number of anilines is 1. The van der Waals surface area contributed by atoms with Crippen molar-refractivity contribution in [2.75, 3.05) is 5.32 Å². The summed E-state index contributed by atoms with van der Waals surface area (Å²) in [6.07, 6.45) is 2.39. The smallest absolute Gasteiger partial charge is 0.337 e. The second kappa shape index (κ2) is 5.19. The van der Waals surface area contributed by atoms with Crippen molar-refractivity contribution < 1.29 is 9.90 Å². The molecule has 0 radical (unpaired) electrons. The molecule has 2 rings (SSSR count). The molecule has 0 amide bonds. The molecule has 1 aromatic carbocycles. The lowest BCUT2D eigenvalue weighted by atomic mass is 9.97. The first-order valence-corrected chi connectivity index (χ1v) is 6.66. The zero-order chi connectivity index (χ0) is 13.3. The van der Waals surface area contributed by atoms with Gasteiger partial charge in [-0.3, -0.25) is 0 Å². The van der Waals surface area contributed by atoms with Gasteiger partial charge in [-0.2, -0.15) is 0 Å². The van der Waals surface area contributed by atoms with E-state index in [1.54, 1.807) is 18.2 Å². The van der Waals surface area contributed by atoms with E-state index in [1.807, 2.05) is 0 Å². The fourth-order valence-corrected chi connectivity index (χ4v) is 2.82. The maximum atomic E-state index is 10.9. The van der Waals surface area contributed by atoms with Gasteiger partial charge in [0.1, 0.15) is 0 Å². The predicted molar refractivity (Wildman–Crippen MR) is 73.4 cm³/mol. The first-order valence-electron chi connectivity index (χ1n) is 6.28. The highest BCUT2D eigenvalue weighted by Crippen LogP contribution is 2.33. The van der Waals surface area contributed by atoms with Crippen LogP contribution in [0.15, 0.2) is 18.2 Å². The van der Waals surface area contributed by atoms with Gasteiger partial charge in [-0.1, -0.05) is 25.4 Å². The van der Waals surface area contributed by atoms with Crippen LogP contribution >= 0.6 is 11.6 Å². The molecule has 3 unspecified atom stereocenters. The molecule has 1 saturated carbocycles. The Labute approximate surface area is 112 Å². The van der Waals surface area contributed by atoms with Crippen LogP contribution in [0.25, 0.3) is 0 Å². The van der Waals surface area contributed by atoms with Crippen molar-refractivity contribution in [3.63, 3.8) is 0 Å². The lowest BCUT2D eigenvalue weighted by molar-refractivity contribution is 0.0697. The van der Waals surface area contributed by atoms with Gasteiger partial charge in [0.05, 0.1) is 10.6 Å². The van der Waals surface area contributed by atoms with Crippen LogP contribution in [0.3, 0.4) is 0 Å². The highest BCUT2D eigenvalue weighted by atomic mass is 35.5. The Kier molecular flexibility index (Phi) is 3.81. The van der Waals surface area contributed by atoms with Gasteiger partial charge in [0.15, 0.2) is 0 Å². The Morgan fingerprint density at radius 1 is 1.39 bits per heavy atom. The summed E-state index contributed by atoms with van der Waals surface area (Å²) < 4.78 is 0. The quantitative estimate of drug-likeness (QED) is 0.874. The summed E-state index contributed by atoms with van der Waals surface area (Å²) in [4.78, 5) is 10.9. The number of hydrogen-bond donors (Lipinski definition) is 2. The third-order valence-electron chi connectivity index (χ3n) is 4.02. The van der Waals surface area contributed by atoms with Crippen molar-refractivity contribution in [3.8, 4) is 0 Å². The number of halogens is 1. The molecule has 3 nitrogen and oxygen atoms in total. The molecule has 4 heteroatoms. The molecule has 1 aromatic rings. The number of benzene rings is 1. The Bertz CT molecular complexity index is 461. The SMILES string of the molecule is CC1CCC(Nc2ccc(C(=O)O)c(Cl)c2)C1C. The summed E-state index contributed by atoms with van der Waals surface area (Å²) in [6, 6.07) is 5.48. The molecule has 1 fully saturated rings. The second-order valence-corrected chi connectivity index (χ2v) is 5.57. The van der Waals surface area contributed by atoms with Crippen LogP contribution in [0.1, 0.15) is 37.0 Å². The van der Waals surface area contributed by atoms with E-state index in [2.05, 4.69) is 19.2 Å². The number of aromatic carboxylic acids is 1.